The molecule has 1 N–H and O–H groups in total. The van der Waals surface area contributed by atoms with Crippen molar-refractivity contribution in [2.75, 3.05) is 24.5 Å². The van der Waals surface area contributed by atoms with Gasteiger partial charge in [0.15, 0.2) is 5.82 Å². The lowest BCUT2D eigenvalue weighted by Gasteiger charge is -2.19. The highest BCUT2D eigenvalue weighted by Crippen LogP contribution is 2.29. The van der Waals surface area contributed by atoms with Crippen LogP contribution in [0.2, 0.25) is 0 Å². The second kappa shape index (κ2) is 7.99. The van der Waals surface area contributed by atoms with Gasteiger partial charge in [-0.25, -0.2) is 9.97 Å². The van der Waals surface area contributed by atoms with Crippen LogP contribution >= 0.6 is 0 Å². The zero-order valence-electron chi connectivity index (χ0n) is 15.1. The molecular formula is C20H22N6O. The third-order valence-electron chi connectivity index (χ3n) is 4.70. The lowest BCUT2D eigenvalue weighted by Crippen LogP contribution is -2.27. The van der Waals surface area contributed by atoms with Crippen molar-refractivity contribution in [3.8, 4) is 11.3 Å². The smallest absolute Gasteiger partial charge is 0.251 e. The van der Waals surface area contributed by atoms with Gasteiger partial charge in [0.1, 0.15) is 5.69 Å². The zero-order chi connectivity index (χ0) is 18.5. The number of carbonyl (C=O) groups excluding carboxylic acids is 1. The van der Waals surface area contributed by atoms with E-state index in [-0.39, 0.29) is 5.91 Å². The number of hydrogen-bond acceptors (Lipinski definition) is 5. The van der Waals surface area contributed by atoms with Crippen molar-refractivity contribution in [3.05, 3.63) is 60.9 Å². The number of aromatic nitrogens is 4. The van der Waals surface area contributed by atoms with E-state index in [1.807, 2.05) is 35.0 Å². The van der Waals surface area contributed by atoms with Crippen molar-refractivity contribution in [1.82, 2.24) is 24.8 Å². The van der Waals surface area contributed by atoms with Crippen LogP contribution in [0.3, 0.4) is 0 Å². The Hall–Kier alpha value is -3.22. The van der Waals surface area contributed by atoms with Gasteiger partial charge in [-0.3, -0.25) is 9.78 Å². The van der Waals surface area contributed by atoms with Crippen LogP contribution in [-0.4, -0.2) is 45.1 Å². The van der Waals surface area contributed by atoms with Gasteiger partial charge in [0, 0.05) is 62.1 Å². The Labute approximate surface area is 158 Å². The largest absolute Gasteiger partial charge is 0.355 e. The van der Waals surface area contributed by atoms with Crippen LogP contribution in [-0.2, 0) is 6.54 Å². The first-order chi connectivity index (χ1) is 13.3. The van der Waals surface area contributed by atoms with Gasteiger partial charge in [0.25, 0.3) is 5.91 Å². The molecule has 0 aliphatic carbocycles. The summed E-state index contributed by atoms with van der Waals surface area (Å²) in [5, 5.41) is 2.95. The molecule has 3 aromatic rings. The molecule has 0 radical (unpaired) electrons. The highest BCUT2D eigenvalue weighted by Gasteiger charge is 2.19. The molecule has 1 aromatic carbocycles. The van der Waals surface area contributed by atoms with E-state index in [4.69, 9.17) is 0 Å². The lowest BCUT2D eigenvalue weighted by atomic mass is 10.1. The predicted molar refractivity (Wildman–Crippen MR) is 103 cm³/mol. The molecule has 1 fully saturated rings. The SMILES string of the molecule is O=C(NCCn1ccnc1)c1cccc(-c2nccnc2N2CCCC2)c1. The molecule has 2 aromatic heterocycles. The van der Waals surface area contributed by atoms with E-state index in [1.54, 1.807) is 24.9 Å². The summed E-state index contributed by atoms with van der Waals surface area (Å²) in [4.78, 5) is 27.9. The first kappa shape index (κ1) is 17.2. The van der Waals surface area contributed by atoms with E-state index in [0.29, 0.717) is 18.7 Å². The van der Waals surface area contributed by atoms with Gasteiger partial charge in [-0.05, 0) is 25.0 Å². The second-order valence-corrected chi connectivity index (χ2v) is 6.56. The number of imidazole rings is 1. The number of hydrogen-bond donors (Lipinski definition) is 1. The molecule has 1 saturated heterocycles. The maximum Gasteiger partial charge on any atom is 0.251 e. The number of nitrogens with one attached hydrogen (secondary N) is 1. The van der Waals surface area contributed by atoms with Crippen LogP contribution in [0.25, 0.3) is 11.3 Å². The van der Waals surface area contributed by atoms with Crippen LogP contribution in [0.15, 0.2) is 55.4 Å². The van der Waals surface area contributed by atoms with Crippen molar-refractivity contribution in [1.29, 1.82) is 0 Å². The van der Waals surface area contributed by atoms with E-state index in [2.05, 4.69) is 25.2 Å². The summed E-state index contributed by atoms with van der Waals surface area (Å²) in [6, 6.07) is 7.58. The Morgan fingerprint density at radius 2 is 1.96 bits per heavy atom. The lowest BCUT2D eigenvalue weighted by molar-refractivity contribution is 0.0952. The van der Waals surface area contributed by atoms with Crippen LogP contribution in [0.4, 0.5) is 5.82 Å². The standard InChI is InChI=1S/C20H22N6O/c27-20(24-9-13-25-12-8-21-15-25)17-5-3-4-16(14-17)18-19(23-7-6-22-18)26-10-1-2-11-26/h3-8,12,14-15H,1-2,9-11,13H2,(H,24,27). The van der Waals surface area contributed by atoms with Crippen LogP contribution in [0.5, 0.6) is 0 Å². The maximum absolute atomic E-state index is 12.5. The summed E-state index contributed by atoms with van der Waals surface area (Å²) in [5.41, 5.74) is 2.36. The average molecular weight is 362 g/mol. The van der Waals surface area contributed by atoms with E-state index in [9.17, 15) is 4.79 Å². The molecule has 138 valence electrons. The third kappa shape index (κ3) is 3.97. The monoisotopic (exact) mass is 362 g/mol. The van der Waals surface area contributed by atoms with Gasteiger partial charge in [0.2, 0.25) is 0 Å². The Balaban J connectivity index is 1.50. The third-order valence-corrected chi connectivity index (χ3v) is 4.70. The first-order valence-electron chi connectivity index (χ1n) is 9.21. The summed E-state index contributed by atoms with van der Waals surface area (Å²) in [7, 11) is 0. The summed E-state index contributed by atoms with van der Waals surface area (Å²) in [6.45, 7) is 3.23. The van der Waals surface area contributed by atoms with Gasteiger partial charge >= 0.3 is 0 Å². The maximum atomic E-state index is 12.5. The topological polar surface area (TPSA) is 75.9 Å². The van der Waals surface area contributed by atoms with Crippen molar-refractivity contribution >= 4 is 11.7 Å². The molecule has 4 rings (SSSR count). The van der Waals surface area contributed by atoms with Gasteiger partial charge in [-0.2, -0.15) is 0 Å². The Morgan fingerprint density at radius 1 is 1.11 bits per heavy atom. The second-order valence-electron chi connectivity index (χ2n) is 6.56. The Kier molecular flexibility index (Phi) is 5.09. The molecule has 0 spiro atoms. The van der Waals surface area contributed by atoms with Gasteiger partial charge in [-0.1, -0.05) is 12.1 Å². The van der Waals surface area contributed by atoms with Crippen molar-refractivity contribution < 1.29 is 4.79 Å². The predicted octanol–water partition coefficient (Wildman–Crippen LogP) is 2.37. The van der Waals surface area contributed by atoms with E-state index < -0.39 is 0 Å². The highest BCUT2D eigenvalue weighted by molar-refractivity contribution is 5.95. The number of nitrogens with zero attached hydrogens (tertiary/aromatic N) is 5. The fraction of sp³-hybridized carbons (Fsp3) is 0.300. The van der Waals surface area contributed by atoms with Crippen molar-refractivity contribution in [2.45, 2.75) is 19.4 Å². The molecule has 0 atom stereocenters. The average Bonchev–Trinajstić information content (AvgIpc) is 3.42. The molecule has 27 heavy (non-hydrogen) atoms. The number of rotatable bonds is 6. The Morgan fingerprint density at radius 3 is 2.78 bits per heavy atom. The van der Waals surface area contributed by atoms with E-state index in [1.165, 1.54) is 12.8 Å². The molecule has 0 bridgehead atoms. The molecule has 7 nitrogen and oxygen atoms in total. The molecular weight excluding hydrogens is 340 g/mol. The fourth-order valence-electron chi connectivity index (χ4n) is 3.32. The van der Waals surface area contributed by atoms with Crippen molar-refractivity contribution in [3.63, 3.8) is 0 Å². The van der Waals surface area contributed by atoms with E-state index in [0.717, 1.165) is 30.2 Å². The number of amides is 1. The van der Waals surface area contributed by atoms with Crippen LogP contribution in [0.1, 0.15) is 23.2 Å². The summed E-state index contributed by atoms with van der Waals surface area (Å²) in [5.74, 6) is 0.802. The molecule has 0 saturated carbocycles. The van der Waals surface area contributed by atoms with Crippen molar-refractivity contribution in [2.24, 2.45) is 0 Å². The van der Waals surface area contributed by atoms with Crippen LogP contribution in [0, 0.1) is 0 Å². The fourth-order valence-corrected chi connectivity index (χ4v) is 3.32. The summed E-state index contributed by atoms with van der Waals surface area (Å²) >= 11 is 0. The Bertz CT molecular complexity index is 902. The number of anilines is 1. The highest BCUT2D eigenvalue weighted by atomic mass is 16.1. The minimum atomic E-state index is -0.0939. The van der Waals surface area contributed by atoms with E-state index >= 15 is 0 Å². The molecule has 0 unspecified atom stereocenters. The minimum Gasteiger partial charge on any atom is -0.355 e. The summed E-state index contributed by atoms with van der Waals surface area (Å²) < 4.78 is 1.93. The minimum absolute atomic E-state index is 0.0939. The van der Waals surface area contributed by atoms with Gasteiger partial charge in [-0.15, -0.1) is 0 Å². The molecule has 1 aliphatic heterocycles. The molecule has 7 heteroatoms. The number of benzene rings is 1. The normalized spacial score (nSPS) is 13.7. The molecule has 1 amide bonds. The van der Waals surface area contributed by atoms with Gasteiger partial charge in [0.05, 0.1) is 6.33 Å². The summed E-state index contributed by atoms with van der Waals surface area (Å²) in [6.07, 6.45) is 11.1. The number of carbonyl (C=O) groups is 1. The quantitative estimate of drug-likeness (QED) is 0.729. The first-order valence-corrected chi connectivity index (χ1v) is 9.21. The molecule has 1 aliphatic rings. The van der Waals surface area contributed by atoms with Crippen LogP contribution < -0.4 is 10.2 Å². The zero-order valence-corrected chi connectivity index (χ0v) is 15.1. The molecule has 3 heterocycles. The van der Waals surface area contributed by atoms with Gasteiger partial charge < -0.3 is 14.8 Å².